The molecule has 1 aliphatic carbocycles. The third-order valence-electron chi connectivity index (χ3n) is 4.57. The number of nitrogens with one attached hydrogen (secondary N) is 1. The van der Waals surface area contributed by atoms with E-state index in [-0.39, 0.29) is 0 Å². The number of rotatable bonds is 5. The Hall–Kier alpha value is -1.81. The number of pyridine rings is 1. The molecule has 4 nitrogen and oxygen atoms in total. The van der Waals surface area contributed by atoms with Gasteiger partial charge in [0.2, 0.25) is 0 Å². The Labute approximate surface area is 125 Å². The lowest BCUT2D eigenvalue weighted by Gasteiger charge is -2.19. The van der Waals surface area contributed by atoms with E-state index in [4.69, 9.17) is 4.74 Å². The molecular formula is C17H22N2O2. The molecule has 0 aliphatic heterocycles. The first-order valence-electron chi connectivity index (χ1n) is 7.60. The fraction of sp³-hybridized carbons (Fsp3) is 0.471. The number of methoxy groups -OCH3 is 1. The summed E-state index contributed by atoms with van der Waals surface area (Å²) in [5, 5.41) is 15.0. The van der Waals surface area contributed by atoms with Crippen molar-refractivity contribution in [2.45, 2.75) is 19.3 Å². The molecule has 2 N–H and O–H groups in total. The summed E-state index contributed by atoms with van der Waals surface area (Å²) in [6.07, 6.45) is 5.35. The number of aromatic nitrogens is 1. The number of fused-ring (bicyclic) bond motifs is 1. The SMILES string of the molecule is COc1cccc2c(NCC3CCCC3CO)nccc12. The van der Waals surface area contributed by atoms with Crippen molar-refractivity contribution in [1.82, 2.24) is 4.98 Å². The number of ether oxygens (including phenoxy) is 1. The van der Waals surface area contributed by atoms with Gasteiger partial charge in [-0.15, -0.1) is 0 Å². The monoisotopic (exact) mass is 286 g/mol. The summed E-state index contributed by atoms with van der Waals surface area (Å²) in [7, 11) is 1.69. The first-order chi connectivity index (χ1) is 10.3. The molecule has 1 aromatic heterocycles. The van der Waals surface area contributed by atoms with Crippen LogP contribution < -0.4 is 10.1 Å². The molecule has 4 heteroatoms. The van der Waals surface area contributed by atoms with E-state index >= 15 is 0 Å². The highest BCUT2D eigenvalue weighted by atomic mass is 16.5. The van der Waals surface area contributed by atoms with E-state index in [1.165, 1.54) is 12.8 Å². The van der Waals surface area contributed by atoms with Crippen molar-refractivity contribution < 1.29 is 9.84 Å². The third kappa shape index (κ3) is 2.81. The number of aliphatic hydroxyl groups is 1. The van der Waals surface area contributed by atoms with Gasteiger partial charge in [0.05, 0.1) is 7.11 Å². The zero-order valence-corrected chi connectivity index (χ0v) is 12.4. The summed E-state index contributed by atoms with van der Waals surface area (Å²) in [6.45, 7) is 1.16. The highest BCUT2D eigenvalue weighted by molar-refractivity contribution is 5.95. The van der Waals surface area contributed by atoms with Gasteiger partial charge in [0.1, 0.15) is 11.6 Å². The second-order valence-corrected chi connectivity index (χ2v) is 5.73. The van der Waals surface area contributed by atoms with Crippen LogP contribution in [0.1, 0.15) is 19.3 Å². The van der Waals surface area contributed by atoms with Gasteiger partial charge in [-0.25, -0.2) is 4.98 Å². The van der Waals surface area contributed by atoms with Crippen molar-refractivity contribution in [2.75, 3.05) is 25.6 Å². The van der Waals surface area contributed by atoms with Crippen molar-refractivity contribution >= 4 is 16.6 Å². The van der Waals surface area contributed by atoms with Crippen molar-refractivity contribution in [3.05, 3.63) is 30.5 Å². The lowest BCUT2D eigenvalue weighted by atomic mass is 9.97. The molecule has 2 atom stereocenters. The molecule has 1 fully saturated rings. The minimum atomic E-state index is 0.295. The van der Waals surface area contributed by atoms with Gasteiger partial charge < -0.3 is 15.2 Å². The van der Waals surface area contributed by atoms with Crippen molar-refractivity contribution in [3.8, 4) is 5.75 Å². The molecule has 2 aromatic rings. The minimum Gasteiger partial charge on any atom is -0.496 e. The van der Waals surface area contributed by atoms with Gasteiger partial charge in [-0.3, -0.25) is 0 Å². The van der Waals surface area contributed by atoms with Crippen LogP contribution in [0.2, 0.25) is 0 Å². The minimum absolute atomic E-state index is 0.295. The van der Waals surface area contributed by atoms with E-state index < -0.39 is 0 Å². The van der Waals surface area contributed by atoms with Gasteiger partial charge in [0.25, 0.3) is 0 Å². The summed E-state index contributed by atoms with van der Waals surface area (Å²) in [6, 6.07) is 7.99. The second kappa shape index (κ2) is 6.31. The van der Waals surface area contributed by atoms with Crippen LogP contribution in [0.15, 0.2) is 30.5 Å². The Morgan fingerprint density at radius 1 is 1.24 bits per heavy atom. The average Bonchev–Trinajstić information content (AvgIpc) is 2.99. The molecule has 0 saturated heterocycles. The highest BCUT2D eigenvalue weighted by Gasteiger charge is 2.26. The maximum absolute atomic E-state index is 9.41. The summed E-state index contributed by atoms with van der Waals surface area (Å²) in [4.78, 5) is 4.46. The molecule has 2 unspecified atom stereocenters. The predicted octanol–water partition coefficient (Wildman–Crippen LogP) is 3.06. The molecule has 1 heterocycles. The molecule has 0 amide bonds. The summed E-state index contributed by atoms with van der Waals surface area (Å²) < 4.78 is 5.41. The molecular weight excluding hydrogens is 264 g/mol. The van der Waals surface area contributed by atoms with Gasteiger partial charge in [0.15, 0.2) is 0 Å². The Kier molecular flexibility index (Phi) is 4.25. The standard InChI is InChI=1S/C17H22N2O2/c1-21-16-7-3-6-15-14(16)8-9-18-17(15)19-10-12-4-2-5-13(12)11-20/h3,6-9,12-13,20H,2,4-5,10-11H2,1H3,(H,18,19). The molecule has 112 valence electrons. The van der Waals surface area contributed by atoms with Gasteiger partial charge in [-0.2, -0.15) is 0 Å². The Morgan fingerprint density at radius 3 is 2.90 bits per heavy atom. The molecule has 0 radical (unpaired) electrons. The summed E-state index contributed by atoms with van der Waals surface area (Å²) in [5.74, 6) is 2.74. The Morgan fingerprint density at radius 2 is 2.10 bits per heavy atom. The number of aliphatic hydroxyl groups excluding tert-OH is 1. The molecule has 3 rings (SSSR count). The van der Waals surface area contributed by atoms with Crippen LogP contribution in [0.25, 0.3) is 10.8 Å². The molecule has 0 bridgehead atoms. The van der Waals surface area contributed by atoms with Gasteiger partial charge in [-0.1, -0.05) is 18.6 Å². The van der Waals surface area contributed by atoms with E-state index in [1.54, 1.807) is 7.11 Å². The van der Waals surface area contributed by atoms with E-state index in [2.05, 4.69) is 16.4 Å². The van der Waals surface area contributed by atoms with Crippen molar-refractivity contribution in [2.24, 2.45) is 11.8 Å². The van der Waals surface area contributed by atoms with Gasteiger partial charge in [-0.05, 0) is 36.8 Å². The zero-order valence-electron chi connectivity index (χ0n) is 12.4. The quantitative estimate of drug-likeness (QED) is 0.887. The van der Waals surface area contributed by atoms with Crippen LogP contribution in [-0.4, -0.2) is 30.4 Å². The van der Waals surface area contributed by atoms with Crippen molar-refractivity contribution in [3.63, 3.8) is 0 Å². The lowest BCUT2D eigenvalue weighted by Crippen LogP contribution is -2.21. The molecule has 21 heavy (non-hydrogen) atoms. The maximum atomic E-state index is 9.41. The fourth-order valence-corrected chi connectivity index (χ4v) is 3.35. The van der Waals surface area contributed by atoms with Gasteiger partial charge >= 0.3 is 0 Å². The smallest absolute Gasteiger partial charge is 0.133 e. The van der Waals surface area contributed by atoms with Crippen molar-refractivity contribution in [1.29, 1.82) is 0 Å². The molecule has 1 aromatic carbocycles. The van der Waals surface area contributed by atoms with Crippen LogP contribution in [0, 0.1) is 11.8 Å². The average molecular weight is 286 g/mol. The maximum Gasteiger partial charge on any atom is 0.133 e. The van der Waals surface area contributed by atoms with E-state index in [9.17, 15) is 5.11 Å². The van der Waals surface area contributed by atoms with E-state index in [1.807, 2.05) is 24.4 Å². The zero-order chi connectivity index (χ0) is 14.7. The van der Waals surface area contributed by atoms with E-state index in [0.29, 0.717) is 18.4 Å². The number of nitrogens with zero attached hydrogens (tertiary/aromatic N) is 1. The number of benzene rings is 1. The topological polar surface area (TPSA) is 54.4 Å². The highest BCUT2D eigenvalue weighted by Crippen LogP contribution is 2.33. The third-order valence-corrected chi connectivity index (χ3v) is 4.57. The number of hydrogen-bond acceptors (Lipinski definition) is 4. The van der Waals surface area contributed by atoms with Gasteiger partial charge in [0, 0.05) is 30.1 Å². The van der Waals surface area contributed by atoms with Crippen LogP contribution in [0.4, 0.5) is 5.82 Å². The predicted molar refractivity (Wildman–Crippen MR) is 84.7 cm³/mol. The first kappa shape index (κ1) is 14.1. The Balaban J connectivity index is 1.81. The summed E-state index contributed by atoms with van der Waals surface area (Å²) >= 11 is 0. The first-order valence-corrected chi connectivity index (χ1v) is 7.60. The number of hydrogen-bond donors (Lipinski definition) is 2. The van der Waals surface area contributed by atoms with Crippen LogP contribution >= 0.6 is 0 Å². The molecule has 1 aliphatic rings. The largest absolute Gasteiger partial charge is 0.496 e. The van der Waals surface area contributed by atoms with E-state index in [0.717, 1.165) is 35.3 Å². The van der Waals surface area contributed by atoms with Crippen LogP contribution in [0.3, 0.4) is 0 Å². The van der Waals surface area contributed by atoms with Crippen LogP contribution in [0.5, 0.6) is 5.75 Å². The molecule has 1 saturated carbocycles. The van der Waals surface area contributed by atoms with Crippen LogP contribution in [-0.2, 0) is 0 Å². The Bertz CT molecular complexity index is 615. The lowest BCUT2D eigenvalue weighted by molar-refractivity contribution is 0.199. The normalized spacial score (nSPS) is 21.6. The number of anilines is 1. The summed E-state index contributed by atoms with van der Waals surface area (Å²) in [5.41, 5.74) is 0. The molecule has 0 spiro atoms. The second-order valence-electron chi connectivity index (χ2n) is 5.73. The fourth-order valence-electron chi connectivity index (χ4n) is 3.35.